The molecule has 0 N–H and O–H groups in total. The molecule has 0 aliphatic heterocycles. The Hall–Kier alpha value is -1.58. The molecule has 4 heteroatoms. The van der Waals surface area contributed by atoms with Crippen molar-refractivity contribution in [3.05, 3.63) is 25.5 Å². The lowest BCUT2D eigenvalue weighted by molar-refractivity contribution is -0.161. The van der Waals surface area contributed by atoms with Gasteiger partial charge in [0.1, 0.15) is 6.61 Å². The Balaban J connectivity index is 4.89. The molecule has 4 nitrogen and oxygen atoms in total. The molecule has 2 atom stereocenters. The summed E-state index contributed by atoms with van der Waals surface area (Å²) in [7, 11) is 0. The van der Waals surface area contributed by atoms with Crippen molar-refractivity contribution in [2.24, 2.45) is 17.3 Å². The Morgan fingerprint density at radius 3 is 2.04 bits per heavy atom. The normalized spacial score (nSPS) is 13.4. The van der Waals surface area contributed by atoms with Crippen molar-refractivity contribution in [2.75, 3.05) is 6.61 Å². The smallest absolute Gasteiger partial charge is 0.314 e. The lowest BCUT2D eigenvalue weighted by Crippen LogP contribution is -2.41. The average Bonchev–Trinajstić information content (AvgIpc) is 2.67. The number of hydrogen-bond acceptors (Lipinski definition) is 4. The number of unbranched alkanes of at least 4 members (excludes halogenated alkanes) is 7. The van der Waals surface area contributed by atoms with Crippen molar-refractivity contribution in [3.63, 3.8) is 0 Å². The van der Waals surface area contributed by atoms with E-state index in [0.29, 0.717) is 6.42 Å². The summed E-state index contributed by atoms with van der Waals surface area (Å²) in [5.41, 5.74) is -0.775. The summed E-state index contributed by atoms with van der Waals surface area (Å²) in [5, 5.41) is 0. The van der Waals surface area contributed by atoms with Gasteiger partial charge in [-0.15, -0.1) is 0 Å². The largest absolute Gasteiger partial charge is 0.461 e. The Labute approximate surface area is 172 Å². The number of ether oxygens (including phenoxy) is 2. The van der Waals surface area contributed by atoms with E-state index in [1.165, 1.54) is 44.8 Å². The highest BCUT2D eigenvalue weighted by atomic mass is 16.5. The third-order valence-electron chi connectivity index (χ3n) is 5.58. The van der Waals surface area contributed by atoms with Gasteiger partial charge >= 0.3 is 11.9 Å². The first-order valence-electron chi connectivity index (χ1n) is 11.0. The summed E-state index contributed by atoms with van der Waals surface area (Å²) >= 11 is 0. The van der Waals surface area contributed by atoms with E-state index in [1.807, 2.05) is 20.8 Å². The molecular formula is C24H42O4. The molecule has 0 aromatic rings. The number of esters is 2. The van der Waals surface area contributed by atoms with Crippen molar-refractivity contribution in [3.8, 4) is 0 Å². The van der Waals surface area contributed by atoms with E-state index >= 15 is 0 Å². The molecule has 0 aliphatic rings. The summed E-state index contributed by atoms with van der Waals surface area (Å²) in [6, 6.07) is 0. The maximum absolute atomic E-state index is 12.6. The minimum atomic E-state index is -0.775. The fraction of sp³-hybridized carbons (Fsp3) is 0.750. The van der Waals surface area contributed by atoms with Crippen LogP contribution in [0.2, 0.25) is 0 Å². The lowest BCUT2D eigenvalue weighted by Gasteiger charge is -2.36. The van der Waals surface area contributed by atoms with Crippen LogP contribution in [-0.2, 0) is 19.1 Å². The molecule has 0 heterocycles. The second kappa shape index (κ2) is 15.4. The summed E-state index contributed by atoms with van der Waals surface area (Å²) in [5.74, 6) is -1.09. The van der Waals surface area contributed by atoms with Gasteiger partial charge in [-0.3, -0.25) is 9.59 Å². The third kappa shape index (κ3) is 9.57. The highest BCUT2D eigenvalue weighted by Gasteiger charge is 2.44. The average molecular weight is 395 g/mol. The fourth-order valence-electron chi connectivity index (χ4n) is 3.92. The quantitative estimate of drug-likeness (QED) is 0.121. The maximum Gasteiger partial charge on any atom is 0.314 e. The Morgan fingerprint density at radius 1 is 0.964 bits per heavy atom. The molecule has 0 radical (unpaired) electrons. The van der Waals surface area contributed by atoms with Crippen LogP contribution >= 0.6 is 0 Å². The standard InChI is InChI=1S/C24H42O4/c1-7-11-12-13-14-15-16-17-18-20(22(25)27-10-4)21(9-3)24(5,6)23(26)28-19-8-2/h8,10,20-21H,2,4,7,9,11-19H2,1,3,5-6H3. The van der Waals surface area contributed by atoms with Crippen LogP contribution in [0.1, 0.15) is 91.9 Å². The Bertz CT molecular complexity index is 467. The van der Waals surface area contributed by atoms with Gasteiger partial charge in [-0.25, -0.2) is 0 Å². The van der Waals surface area contributed by atoms with Gasteiger partial charge in [0.05, 0.1) is 17.6 Å². The van der Waals surface area contributed by atoms with Crippen molar-refractivity contribution < 1.29 is 19.1 Å². The zero-order valence-electron chi connectivity index (χ0n) is 18.6. The topological polar surface area (TPSA) is 52.6 Å². The highest BCUT2D eigenvalue weighted by Crippen LogP contribution is 2.39. The van der Waals surface area contributed by atoms with E-state index in [0.717, 1.165) is 19.3 Å². The van der Waals surface area contributed by atoms with E-state index in [2.05, 4.69) is 20.1 Å². The van der Waals surface area contributed by atoms with E-state index in [1.54, 1.807) is 6.08 Å². The molecule has 162 valence electrons. The second-order valence-electron chi connectivity index (χ2n) is 8.10. The first kappa shape index (κ1) is 26.4. The van der Waals surface area contributed by atoms with Crippen molar-refractivity contribution in [1.82, 2.24) is 0 Å². The van der Waals surface area contributed by atoms with Crippen molar-refractivity contribution in [1.29, 1.82) is 0 Å². The summed E-state index contributed by atoms with van der Waals surface area (Å²) < 4.78 is 10.4. The second-order valence-corrected chi connectivity index (χ2v) is 8.10. The maximum atomic E-state index is 12.6. The number of carbonyl (C=O) groups is 2. The molecule has 0 spiro atoms. The number of carbonyl (C=O) groups excluding carboxylic acids is 2. The molecule has 28 heavy (non-hydrogen) atoms. The monoisotopic (exact) mass is 394 g/mol. The molecular weight excluding hydrogens is 352 g/mol. The molecule has 0 bridgehead atoms. The number of rotatable bonds is 17. The van der Waals surface area contributed by atoms with Crippen LogP contribution in [0.15, 0.2) is 25.5 Å². The van der Waals surface area contributed by atoms with Crippen molar-refractivity contribution in [2.45, 2.75) is 91.9 Å². The fourth-order valence-corrected chi connectivity index (χ4v) is 3.92. The van der Waals surface area contributed by atoms with Crippen LogP contribution in [0.3, 0.4) is 0 Å². The van der Waals surface area contributed by atoms with E-state index in [-0.39, 0.29) is 30.4 Å². The van der Waals surface area contributed by atoms with Crippen LogP contribution in [0.4, 0.5) is 0 Å². The van der Waals surface area contributed by atoms with E-state index in [9.17, 15) is 9.59 Å². The van der Waals surface area contributed by atoms with Crippen molar-refractivity contribution >= 4 is 11.9 Å². The number of hydrogen-bond donors (Lipinski definition) is 0. The molecule has 0 saturated carbocycles. The zero-order valence-corrected chi connectivity index (χ0v) is 18.6. The molecule has 0 amide bonds. The predicted octanol–water partition coefficient (Wildman–Crippen LogP) is 6.60. The lowest BCUT2D eigenvalue weighted by atomic mass is 9.69. The zero-order chi connectivity index (χ0) is 21.4. The molecule has 0 saturated heterocycles. The highest BCUT2D eigenvalue weighted by molar-refractivity contribution is 5.79. The van der Waals surface area contributed by atoms with Gasteiger partial charge in [0.2, 0.25) is 0 Å². The van der Waals surface area contributed by atoms with Gasteiger partial charge in [0.15, 0.2) is 0 Å². The summed E-state index contributed by atoms with van der Waals surface area (Å²) in [4.78, 5) is 25.2. The molecule has 0 rings (SSSR count). The molecule has 0 aromatic carbocycles. The van der Waals surface area contributed by atoms with Crippen LogP contribution in [-0.4, -0.2) is 18.5 Å². The first-order valence-corrected chi connectivity index (χ1v) is 11.0. The first-order chi connectivity index (χ1) is 13.4. The van der Waals surface area contributed by atoms with E-state index in [4.69, 9.17) is 9.47 Å². The summed E-state index contributed by atoms with van der Waals surface area (Å²) in [6.45, 7) is 15.2. The predicted molar refractivity (Wildman–Crippen MR) is 116 cm³/mol. The third-order valence-corrected chi connectivity index (χ3v) is 5.58. The van der Waals surface area contributed by atoms with Crippen LogP contribution < -0.4 is 0 Å². The van der Waals surface area contributed by atoms with Gasteiger partial charge in [0, 0.05) is 0 Å². The minimum absolute atomic E-state index is 0.151. The molecule has 0 fully saturated rings. The minimum Gasteiger partial charge on any atom is -0.461 e. The van der Waals surface area contributed by atoms with Gasteiger partial charge in [-0.1, -0.05) is 90.9 Å². The summed E-state index contributed by atoms with van der Waals surface area (Å²) in [6.07, 6.45) is 13.8. The molecule has 0 aromatic heterocycles. The Morgan fingerprint density at radius 2 is 1.54 bits per heavy atom. The van der Waals surface area contributed by atoms with Gasteiger partial charge < -0.3 is 9.47 Å². The van der Waals surface area contributed by atoms with Gasteiger partial charge in [-0.05, 0) is 26.2 Å². The Kier molecular flexibility index (Phi) is 14.5. The molecule has 2 unspecified atom stereocenters. The van der Waals surface area contributed by atoms with E-state index < -0.39 is 5.41 Å². The van der Waals surface area contributed by atoms with Crippen LogP contribution in [0.5, 0.6) is 0 Å². The SMILES string of the molecule is C=CCOC(=O)C(C)(C)C(CC)C(CCCCCCCCCC)C(=O)OC=C. The van der Waals surface area contributed by atoms with Gasteiger partial charge in [0.25, 0.3) is 0 Å². The van der Waals surface area contributed by atoms with Crippen LogP contribution in [0.25, 0.3) is 0 Å². The van der Waals surface area contributed by atoms with Crippen LogP contribution in [0, 0.1) is 17.3 Å². The molecule has 0 aliphatic carbocycles. The van der Waals surface area contributed by atoms with Gasteiger partial charge in [-0.2, -0.15) is 0 Å².